The molecule has 1 fully saturated rings. The fraction of sp³-hybridized carbons (Fsp3) is 0.400. The number of β-amino-alcohol motifs (C(OH)–C–C–N with tert-alkyl or cyclic N) is 1. The fourth-order valence-electron chi connectivity index (χ4n) is 3.06. The van der Waals surface area contributed by atoms with Crippen LogP contribution in [0.25, 0.3) is 11.1 Å². The molecule has 1 saturated heterocycles. The number of nitrogens with zero attached hydrogens (tertiary/aromatic N) is 1. The second-order valence-corrected chi connectivity index (χ2v) is 6.22. The Labute approximate surface area is 150 Å². The topological polar surface area (TPSA) is 32.7 Å². The van der Waals surface area contributed by atoms with Gasteiger partial charge in [-0.25, -0.2) is 0 Å². The van der Waals surface area contributed by atoms with Gasteiger partial charge in [0.05, 0.1) is 0 Å². The Kier molecular flexibility index (Phi) is 7.57. The average molecular weight is 347 g/mol. The molecule has 0 saturated carbocycles. The van der Waals surface area contributed by atoms with Crippen molar-refractivity contribution in [2.24, 2.45) is 0 Å². The molecule has 24 heavy (non-hydrogen) atoms. The molecule has 1 N–H and O–H groups in total. The lowest BCUT2D eigenvalue weighted by molar-refractivity contribution is -0.00000699. The van der Waals surface area contributed by atoms with Gasteiger partial charge in [0.15, 0.2) is 0 Å². The second kappa shape index (κ2) is 9.67. The molecule has 0 bridgehead atoms. The number of piperidine rings is 1. The molecule has 1 atom stereocenters. The number of benzene rings is 2. The summed E-state index contributed by atoms with van der Waals surface area (Å²) in [6.45, 7) is 3.26. The summed E-state index contributed by atoms with van der Waals surface area (Å²) in [7, 11) is 0. The SMILES string of the molecule is OC(COc1ccc(-c2ccccc2)cc1)CN1CCCCC1.[Cl-]. The largest absolute Gasteiger partial charge is 1.00 e. The number of halogens is 1. The monoisotopic (exact) mass is 346 g/mol. The Balaban J connectivity index is 0.00000208. The summed E-state index contributed by atoms with van der Waals surface area (Å²) in [5.74, 6) is 0.808. The molecule has 0 amide bonds. The highest BCUT2D eigenvalue weighted by atomic mass is 35.5. The number of hydrogen-bond donors (Lipinski definition) is 1. The quantitative estimate of drug-likeness (QED) is 0.830. The van der Waals surface area contributed by atoms with Crippen molar-refractivity contribution in [1.29, 1.82) is 0 Å². The van der Waals surface area contributed by atoms with Gasteiger partial charge in [0.1, 0.15) is 18.5 Å². The number of aliphatic hydroxyl groups excluding tert-OH is 1. The van der Waals surface area contributed by atoms with E-state index >= 15 is 0 Å². The van der Waals surface area contributed by atoms with Gasteiger partial charge in [-0.2, -0.15) is 0 Å². The summed E-state index contributed by atoms with van der Waals surface area (Å²) in [4.78, 5) is 2.33. The third-order valence-electron chi connectivity index (χ3n) is 4.32. The van der Waals surface area contributed by atoms with E-state index in [0.717, 1.165) is 18.8 Å². The van der Waals surface area contributed by atoms with Crippen LogP contribution in [0.4, 0.5) is 0 Å². The van der Waals surface area contributed by atoms with Gasteiger partial charge in [0.2, 0.25) is 0 Å². The summed E-state index contributed by atoms with van der Waals surface area (Å²) in [6, 6.07) is 18.3. The van der Waals surface area contributed by atoms with Gasteiger partial charge >= 0.3 is 0 Å². The van der Waals surface area contributed by atoms with Crippen LogP contribution in [-0.4, -0.2) is 42.4 Å². The van der Waals surface area contributed by atoms with Crippen molar-refractivity contribution in [3.63, 3.8) is 0 Å². The summed E-state index contributed by atoms with van der Waals surface area (Å²) in [6.07, 6.45) is 3.38. The van der Waals surface area contributed by atoms with E-state index in [1.165, 1.54) is 30.4 Å². The van der Waals surface area contributed by atoms with Gasteiger partial charge in [-0.3, -0.25) is 0 Å². The van der Waals surface area contributed by atoms with Crippen molar-refractivity contribution in [2.75, 3.05) is 26.2 Å². The molecule has 1 aliphatic heterocycles. The molecule has 2 aromatic carbocycles. The number of hydrogen-bond acceptors (Lipinski definition) is 3. The van der Waals surface area contributed by atoms with Gasteiger partial charge in [-0.05, 0) is 49.2 Å². The highest BCUT2D eigenvalue weighted by molar-refractivity contribution is 5.63. The zero-order valence-electron chi connectivity index (χ0n) is 13.9. The Bertz CT molecular complexity index is 582. The van der Waals surface area contributed by atoms with E-state index in [1.807, 2.05) is 30.3 Å². The molecule has 3 nitrogen and oxygen atoms in total. The number of aliphatic hydroxyl groups is 1. The van der Waals surface area contributed by atoms with Crippen molar-refractivity contribution in [2.45, 2.75) is 25.4 Å². The predicted octanol–water partition coefficient (Wildman–Crippen LogP) is 0.583. The number of rotatable bonds is 6. The molecule has 0 aromatic heterocycles. The molecule has 1 heterocycles. The van der Waals surface area contributed by atoms with Gasteiger partial charge in [-0.1, -0.05) is 48.9 Å². The molecular weight excluding hydrogens is 322 g/mol. The summed E-state index contributed by atoms with van der Waals surface area (Å²) >= 11 is 0. The molecule has 130 valence electrons. The van der Waals surface area contributed by atoms with Gasteiger partial charge in [0, 0.05) is 6.54 Å². The molecule has 4 heteroatoms. The third-order valence-corrected chi connectivity index (χ3v) is 4.32. The number of ether oxygens (including phenoxy) is 1. The minimum Gasteiger partial charge on any atom is -1.00 e. The molecule has 0 spiro atoms. The minimum absolute atomic E-state index is 0. The average Bonchev–Trinajstić information content (AvgIpc) is 2.62. The molecule has 2 aromatic rings. The van der Waals surface area contributed by atoms with E-state index in [0.29, 0.717) is 13.2 Å². The molecule has 1 aliphatic rings. The predicted molar refractivity (Wildman–Crippen MR) is 93.7 cm³/mol. The van der Waals surface area contributed by atoms with E-state index < -0.39 is 6.10 Å². The van der Waals surface area contributed by atoms with Crippen molar-refractivity contribution in [1.82, 2.24) is 4.90 Å². The van der Waals surface area contributed by atoms with Gasteiger partial charge < -0.3 is 27.2 Å². The normalized spacial score (nSPS) is 16.2. The van der Waals surface area contributed by atoms with Crippen LogP contribution in [0.5, 0.6) is 5.75 Å². The molecule has 0 aliphatic carbocycles. The van der Waals surface area contributed by atoms with E-state index in [-0.39, 0.29) is 12.4 Å². The van der Waals surface area contributed by atoms with E-state index in [9.17, 15) is 5.11 Å². The Hall–Kier alpha value is -1.55. The van der Waals surface area contributed by atoms with Crippen LogP contribution in [0.15, 0.2) is 54.6 Å². The fourth-order valence-corrected chi connectivity index (χ4v) is 3.06. The van der Waals surface area contributed by atoms with Gasteiger partial charge in [-0.15, -0.1) is 0 Å². The highest BCUT2D eigenvalue weighted by Crippen LogP contribution is 2.22. The lowest BCUT2D eigenvalue weighted by Crippen LogP contribution is -3.00. The van der Waals surface area contributed by atoms with Crippen LogP contribution >= 0.6 is 0 Å². The van der Waals surface area contributed by atoms with Crippen molar-refractivity contribution < 1.29 is 22.3 Å². The molecule has 1 unspecified atom stereocenters. The maximum absolute atomic E-state index is 10.1. The smallest absolute Gasteiger partial charge is 0.119 e. The highest BCUT2D eigenvalue weighted by Gasteiger charge is 2.14. The summed E-state index contributed by atoms with van der Waals surface area (Å²) in [5.41, 5.74) is 2.37. The van der Waals surface area contributed by atoms with Crippen LogP contribution in [0.2, 0.25) is 0 Å². The summed E-state index contributed by atoms with van der Waals surface area (Å²) in [5, 5.41) is 10.1. The summed E-state index contributed by atoms with van der Waals surface area (Å²) < 4.78 is 5.72. The van der Waals surface area contributed by atoms with E-state index in [1.54, 1.807) is 0 Å². The maximum atomic E-state index is 10.1. The van der Waals surface area contributed by atoms with Crippen LogP contribution in [0.1, 0.15) is 19.3 Å². The standard InChI is InChI=1S/C20H25NO2.ClH/c22-19(15-21-13-5-2-6-14-21)16-23-20-11-9-18(10-12-20)17-7-3-1-4-8-17;/h1,3-4,7-12,19,22H,2,5-6,13-16H2;1H/p-1. The van der Waals surface area contributed by atoms with Crippen LogP contribution in [-0.2, 0) is 0 Å². The zero-order valence-corrected chi connectivity index (χ0v) is 14.7. The first-order valence-electron chi connectivity index (χ1n) is 8.50. The first kappa shape index (κ1) is 18.8. The first-order valence-corrected chi connectivity index (χ1v) is 8.50. The maximum Gasteiger partial charge on any atom is 0.119 e. The van der Waals surface area contributed by atoms with E-state index in [2.05, 4.69) is 29.2 Å². The van der Waals surface area contributed by atoms with E-state index in [4.69, 9.17) is 4.74 Å². The van der Waals surface area contributed by atoms with Crippen LogP contribution in [0.3, 0.4) is 0 Å². The lowest BCUT2D eigenvalue weighted by Gasteiger charge is -2.28. The van der Waals surface area contributed by atoms with Crippen LogP contribution < -0.4 is 17.1 Å². The Morgan fingerprint density at radius 2 is 1.50 bits per heavy atom. The van der Waals surface area contributed by atoms with Crippen molar-refractivity contribution in [3.8, 4) is 16.9 Å². The van der Waals surface area contributed by atoms with Crippen LogP contribution in [0, 0.1) is 0 Å². The van der Waals surface area contributed by atoms with Gasteiger partial charge in [0.25, 0.3) is 0 Å². The molecule has 0 radical (unpaired) electrons. The van der Waals surface area contributed by atoms with Crippen molar-refractivity contribution in [3.05, 3.63) is 54.6 Å². The van der Waals surface area contributed by atoms with Crippen molar-refractivity contribution >= 4 is 0 Å². The Morgan fingerprint density at radius 1 is 0.875 bits per heavy atom. The number of likely N-dealkylation sites (tertiary alicyclic amines) is 1. The third kappa shape index (κ3) is 5.52. The Morgan fingerprint density at radius 3 is 2.17 bits per heavy atom. The molecular formula is C20H25ClNO2-. The minimum atomic E-state index is -0.429. The lowest BCUT2D eigenvalue weighted by atomic mass is 10.1. The first-order chi connectivity index (χ1) is 11.3. The zero-order chi connectivity index (χ0) is 15.9. The molecule has 3 rings (SSSR count). The second-order valence-electron chi connectivity index (χ2n) is 6.22.